The van der Waals surface area contributed by atoms with Crippen molar-refractivity contribution >= 4 is 12.3 Å². The van der Waals surface area contributed by atoms with E-state index >= 15 is 0 Å². The lowest BCUT2D eigenvalue weighted by molar-refractivity contribution is 1.27. The average Bonchev–Trinajstić information content (AvgIpc) is 2.34. The quantitative estimate of drug-likeness (QED) is 0.599. The molecule has 3 nitrogen and oxygen atoms in total. The molecule has 0 radical (unpaired) electrons. The maximum absolute atomic E-state index is 6.65. The van der Waals surface area contributed by atoms with Crippen LogP contribution in [0.1, 0.15) is 13.3 Å². The Labute approximate surface area is 60.3 Å². The first-order valence-corrected chi connectivity index (χ1v) is 2.60. The normalized spacial score (nSPS) is 9.20. The molecule has 0 amide bonds. The third-order valence-corrected chi connectivity index (χ3v) is 0.870. The number of aromatic amines is 1. The van der Waals surface area contributed by atoms with Gasteiger partial charge in [-0.2, -0.15) is 0 Å². The summed E-state index contributed by atoms with van der Waals surface area (Å²) in [4.78, 5) is 6.78. The van der Waals surface area contributed by atoms with Gasteiger partial charge < -0.3 is 10.4 Å². The molecule has 0 aliphatic rings. The van der Waals surface area contributed by atoms with E-state index in [-0.39, 0.29) is 7.43 Å². The van der Waals surface area contributed by atoms with Crippen molar-refractivity contribution in [3.63, 3.8) is 0 Å². The topological polar surface area (TPSA) is 52.5 Å². The highest BCUT2D eigenvalue weighted by molar-refractivity contribution is 5.74. The van der Waals surface area contributed by atoms with Crippen LogP contribution in [-0.2, 0) is 0 Å². The van der Waals surface area contributed by atoms with Crippen LogP contribution in [0, 0.1) is 5.41 Å². The Hall–Kier alpha value is -1.38. The molecule has 1 aromatic heterocycles. The van der Waals surface area contributed by atoms with Gasteiger partial charge in [0.1, 0.15) is 5.82 Å². The molecule has 1 heterocycles. The number of hydrogen-bond donors (Lipinski definition) is 2. The first-order chi connectivity index (χ1) is 4.43. The van der Waals surface area contributed by atoms with Crippen LogP contribution in [0.2, 0.25) is 0 Å². The Balaban J connectivity index is 0.000000810. The third kappa shape index (κ3) is 2.26. The van der Waals surface area contributed by atoms with E-state index < -0.39 is 0 Å². The minimum absolute atomic E-state index is 0. The third-order valence-electron chi connectivity index (χ3n) is 0.870. The number of aromatic nitrogens is 2. The van der Waals surface area contributed by atoms with Crippen molar-refractivity contribution in [3.05, 3.63) is 24.3 Å². The Morgan fingerprint density at radius 3 is 2.90 bits per heavy atom. The monoisotopic (exact) mass is 137 g/mol. The number of imidazole rings is 1. The molecule has 0 atom stereocenters. The van der Waals surface area contributed by atoms with Gasteiger partial charge in [0.2, 0.25) is 0 Å². The summed E-state index contributed by atoms with van der Waals surface area (Å²) < 4.78 is 0. The molecule has 0 unspecified atom stereocenters. The Kier molecular flexibility index (Phi) is 3.87. The highest BCUT2D eigenvalue weighted by atomic mass is 14.9. The van der Waals surface area contributed by atoms with Gasteiger partial charge in [-0.05, 0) is 12.2 Å². The van der Waals surface area contributed by atoms with Crippen molar-refractivity contribution < 1.29 is 0 Å². The summed E-state index contributed by atoms with van der Waals surface area (Å²) in [7, 11) is 0. The van der Waals surface area contributed by atoms with Gasteiger partial charge in [0.25, 0.3) is 0 Å². The fraction of sp³-hybridized carbons (Fsp3) is 0.143. The molecule has 1 aromatic rings. The maximum atomic E-state index is 6.65. The van der Waals surface area contributed by atoms with Gasteiger partial charge in [0.05, 0.1) is 0 Å². The van der Waals surface area contributed by atoms with E-state index in [0.717, 1.165) is 5.82 Å². The summed E-state index contributed by atoms with van der Waals surface area (Å²) in [5.41, 5.74) is 0. The molecule has 2 N–H and O–H groups in total. The Bertz CT molecular complexity index is 199. The van der Waals surface area contributed by atoms with E-state index in [1.54, 1.807) is 24.5 Å². The van der Waals surface area contributed by atoms with Gasteiger partial charge in [0.15, 0.2) is 0 Å². The lowest BCUT2D eigenvalue weighted by Gasteiger charge is -1.76. The van der Waals surface area contributed by atoms with Crippen molar-refractivity contribution in [3.8, 4) is 0 Å². The van der Waals surface area contributed by atoms with Gasteiger partial charge in [0, 0.05) is 18.6 Å². The maximum Gasteiger partial charge on any atom is 0.129 e. The standard InChI is InChI=1S/C6H7N3.CH4/c7-3-1-2-6-8-4-5-9-6;/h1-5,7H,(H,8,9);1H4/b2-1-,7-3?;. The summed E-state index contributed by atoms with van der Waals surface area (Å²) in [5.74, 6) is 0.776. The minimum Gasteiger partial charge on any atom is -0.345 e. The zero-order valence-corrected chi connectivity index (χ0v) is 4.83. The van der Waals surface area contributed by atoms with Crippen molar-refractivity contribution in [2.45, 2.75) is 7.43 Å². The summed E-state index contributed by atoms with van der Waals surface area (Å²) in [5, 5.41) is 6.65. The fourth-order valence-electron chi connectivity index (χ4n) is 0.508. The molecule has 0 aliphatic carbocycles. The molecule has 0 saturated heterocycles. The van der Waals surface area contributed by atoms with Gasteiger partial charge in [-0.1, -0.05) is 7.43 Å². The smallest absolute Gasteiger partial charge is 0.129 e. The molecular weight excluding hydrogens is 126 g/mol. The number of nitrogens with zero attached hydrogens (tertiary/aromatic N) is 1. The van der Waals surface area contributed by atoms with E-state index in [1.165, 1.54) is 6.21 Å². The number of H-pyrrole nitrogens is 1. The lowest BCUT2D eigenvalue weighted by Crippen LogP contribution is -1.71. The van der Waals surface area contributed by atoms with Gasteiger partial charge in [-0.15, -0.1) is 0 Å². The minimum atomic E-state index is 0. The molecule has 0 aromatic carbocycles. The largest absolute Gasteiger partial charge is 0.345 e. The van der Waals surface area contributed by atoms with Crippen LogP contribution in [0.3, 0.4) is 0 Å². The first-order valence-electron chi connectivity index (χ1n) is 2.60. The first kappa shape index (κ1) is 8.62. The molecule has 0 aliphatic heterocycles. The molecule has 0 saturated carbocycles. The van der Waals surface area contributed by atoms with E-state index in [1.807, 2.05) is 0 Å². The molecule has 3 heteroatoms. The summed E-state index contributed by atoms with van der Waals surface area (Å²) in [6.45, 7) is 0. The van der Waals surface area contributed by atoms with Crippen molar-refractivity contribution in [1.29, 1.82) is 5.41 Å². The van der Waals surface area contributed by atoms with Crippen molar-refractivity contribution in [2.24, 2.45) is 0 Å². The van der Waals surface area contributed by atoms with Crippen LogP contribution in [-0.4, -0.2) is 16.2 Å². The molecular formula is C7H11N3. The predicted octanol–water partition coefficient (Wildman–Crippen LogP) is 1.71. The highest BCUT2D eigenvalue weighted by Crippen LogP contribution is 1.88. The van der Waals surface area contributed by atoms with E-state index in [9.17, 15) is 0 Å². The zero-order valence-electron chi connectivity index (χ0n) is 4.83. The van der Waals surface area contributed by atoms with Crippen LogP contribution in [0.5, 0.6) is 0 Å². The molecule has 0 spiro atoms. The van der Waals surface area contributed by atoms with Gasteiger partial charge in [-0.25, -0.2) is 4.98 Å². The van der Waals surface area contributed by atoms with E-state index in [2.05, 4.69) is 9.97 Å². The van der Waals surface area contributed by atoms with Gasteiger partial charge >= 0.3 is 0 Å². The van der Waals surface area contributed by atoms with Crippen LogP contribution >= 0.6 is 0 Å². The Morgan fingerprint density at radius 2 is 2.40 bits per heavy atom. The number of nitrogens with one attached hydrogen (secondary N) is 2. The van der Waals surface area contributed by atoms with Gasteiger partial charge in [-0.3, -0.25) is 0 Å². The fourth-order valence-corrected chi connectivity index (χ4v) is 0.508. The average molecular weight is 137 g/mol. The van der Waals surface area contributed by atoms with Crippen LogP contribution in [0.4, 0.5) is 0 Å². The summed E-state index contributed by atoms with van der Waals surface area (Å²) in [6.07, 6.45) is 7.96. The SMILES string of the molecule is C.N=C/C=C\c1ncc[nH]1. The second-order valence-electron chi connectivity index (χ2n) is 1.50. The van der Waals surface area contributed by atoms with Crippen LogP contribution in [0.15, 0.2) is 18.5 Å². The summed E-state index contributed by atoms with van der Waals surface area (Å²) >= 11 is 0. The molecule has 54 valence electrons. The molecule has 1 rings (SSSR count). The van der Waals surface area contributed by atoms with E-state index in [4.69, 9.17) is 5.41 Å². The number of allylic oxidation sites excluding steroid dienone is 1. The highest BCUT2D eigenvalue weighted by Gasteiger charge is 1.81. The second-order valence-corrected chi connectivity index (χ2v) is 1.50. The number of rotatable bonds is 2. The van der Waals surface area contributed by atoms with Crippen molar-refractivity contribution in [2.75, 3.05) is 0 Å². The number of hydrogen-bond acceptors (Lipinski definition) is 2. The Morgan fingerprint density at radius 1 is 1.60 bits per heavy atom. The van der Waals surface area contributed by atoms with E-state index in [0.29, 0.717) is 0 Å². The molecule has 0 fully saturated rings. The van der Waals surface area contributed by atoms with Crippen LogP contribution in [0.25, 0.3) is 6.08 Å². The lowest BCUT2D eigenvalue weighted by atomic mass is 10.5. The summed E-state index contributed by atoms with van der Waals surface area (Å²) in [6, 6.07) is 0. The molecule has 10 heavy (non-hydrogen) atoms. The molecule has 0 bridgehead atoms. The predicted molar refractivity (Wildman–Crippen MR) is 43.1 cm³/mol. The second kappa shape index (κ2) is 4.49. The zero-order chi connectivity index (χ0) is 6.53. The van der Waals surface area contributed by atoms with Crippen molar-refractivity contribution in [1.82, 2.24) is 9.97 Å². The van der Waals surface area contributed by atoms with Crippen LogP contribution < -0.4 is 0 Å².